The Morgan fingerprint density at radius 1 is 1.12 bits per heavy atom. The smallest absolute Gasteiger partial charge is 0.269 e. The van der Waals surface area contributed by atoms with Gasteiger partial charge in [-0.3, -0.25) is 14.9 Å². The van der Waals surface area contributed by atoms with Crippen LogP contribution in [0.4, 0.5) is 5.69 Å². The number of rotatable bonds is 5. The van der Waals surface area contributed by atoms with Gasteiger partial charge < -0.3 is 4.57 Å². The van der Waals surface area contributed by atoms with Crippen LogP contribution >= 0.6 is 11.6 Å². The first-order chi connectivity index (χ1) is 11.6. The molecule has 3 rings (SSSR count). The lowest BCUT2D eigenvalue weighted by molar-refractivity contribution is -0.384. The minimum absolute atomic E-state index is 0.0151. The van der Waals surface area contributed by atoms with Gasteiger partial charge in [0.1, 0.15) is 11.5 Å². The second-order valence-electron chi connectivity index (χ2n) is 5.11. The molecular formula is C17H12ClN3O3. The van der Waals surface area contributed by atoms with Gasteiger partial charge in [0.05, 0.1) is 4.92 Å². The number of imidazole rings is 1. The van der Waals surface area contributed by atoms with Crippen LogP contribution in [0.25, 0.3) is 11.4 Å². The molecule has 7 heteroatoms. The largest absolute Gasteiger partial charge is 0.316 e. The lowest BCUT2D eigenvalue weighted by Crippen LogP contribution is -2.06. The Bertz CT molecular complexity index is 889. The average molecular weight is 342 g/mol. The molecule has 0 saturated heterocycles. The van der Waals surface area contributed by atoms with Gasteiger partial charge in [-0.05, 0) is 5.56 Å². The molecular weight excluding hydrogens is 330 g/mol. The molecule has 0 spiro atoms. The molecule has 0 atom stereocenters. The number of non-ortho nitro benzene ring substituents is 1. The zero-order valence-corrected chi connectivity index (χ0v) is 13.2. The van der Waals surface area contributed by atoms with E-state index >= 15 is 0 Å². The third-order valence-electron chi connectivity index (χ3n) is 3.59. The number of halogens is 1. The first-order valence-corrected chi connectivity index (χ1v) is 7.48. The molecule has 0 saturated carbocycles. The van der Waals surface area contributed by atoms with Crippen molar-refractivity contribution in [2.75, 3.05) is 0 Å². The zero-order chi connectivity index (χ0) is 17.1. The van der Waals surface area contributed by atoms with Crippen LogP contribution in [-0.2, 0) is 6.54 Å². The SMILES string of the molecule is O=Cc1c(Cl)nc(-c2ccccc2)n1Cc1ccc([N+](=O)[O-])cc1. The predicted octanol–water partition coefficient (Wildman–Crippen LogP) is 3.97. The van der Waals surface area contributed by atoms with Crippen LogP contribution in [0.5, 0.6) is 0 Å². The molecule has 0 aliphatic rings. The lowest BCUT2D eigenvalue weighted by Gasteiger charge is -2.10. The number of nitro benzene ring substituents is 1. The predicted molar refractivity (Wildman–Crippen MR) is 90.3 cm³/mol. The van der Waals surface area contributed by atoms with Gasteiger partial charge in [-0.1, -0.05) is 54.1 Å². The number of nitrogens with zero attached hydrogens (tertiary/aromatic N) is 3. The molecule has 6 nitrogen and oxygen atoms in total. The Hall–Kier alpha value is -2.99. The van der Waals surface area contributed by atoms with Crippen molar-refractivity contribution in [3.05, 3.63) is 81.1 Å². The Balaban J connectivity index is 2.03. The highest BCUT2D eigenvalue weighted by molar-refractivity contribution is 6.31. The number of aldehydes is 1. The maximum atomic E-state index is 11.4. The van der Waals surface area contributed by atoms with Gasteiger partial charge in [-0.15, -0.1) is 0 Å². The Kier molecular flexibility index (Phi) is 4.39. The third-order valence-corrected chi connectivity index (χ3v) is 3.87. The zero-order valence-electron chi connectivity index (χ0n) is 12.4. The molecule has 1 heterocycles. The minimum Gasteiger partial charge on any atom is -0.316 e. The highest BCUT2D eigenvalue weighted by Gasteiger charge is 2.17. The van der Waals surface area contributed by atoms with E-state index in [0.29, 0.717) is 18.7 Å². The summed E-state index contributed by atoms with van der Waals surface area (Å²) in [7, 11) is 0. The molecule has 0 N–H and O–H groups in total. The number of carbonyl (C=O) groups is 1. The first-order valence-electron chi connectivity index (χ1n) is 7.10. The lowest BCUT2D eigenvalue weighted by atomic mass is 10.2. The van der Waals surface area contributed by atoms with Crippen LogP contribution in [0, 0.1) is 10.1 Å². The topological polar surface area (TPSA) is 78.0 Å². The number of nitro groups is 1. The van der Waals surface area contributed by atoms with Gasteiger partial charge in [0.15, 0.2) is 11.4 Å². The van der Waals surface area contributed by atoms with E-state index in [2.05, 4.69) is 4.98 Å². The van der Waals surface area contributed by atoms with Crippen molar-refractivity contribution in [3.8, 4) is 11.4 Å². The molecule has 0 aliphatic heterocycles. The fraction of sp³-hybridized carbons (Fsp3) is 0.0588. The summed E-state index contributed by atoms with van der Waals surface area (Å²) in [6, 6.07) is 15.5. The molecule has 24 heavy (non-hydrogen) atoms. The van der Waals surface area contributed by atoms with E-state index in [0.717, 1.165) is 11.1 Å². The van der Waals surface area contributed by atoms with Crippen LogP contribution in [-0.4, -0.2) is 20.8 Å². The van der Waals surface area contributed by atoms with E-state index < -0.39 is 4.92 Å². The summed E-state index contributed by atoms with van der Waals surface area (Å²) < 4.78 is 1.70. The van der Waals surface area contributed by atoms with Crippen LogP contribution in [0.1, 0.15) is 16.1 Å². The molecule has 0 bridgehead atoms. The Morgan fingerprint density at radius 2 is 1.79 bits per heavy atom. The van der Waals surface area contributed by atoms with Crippen LogP contribution < -0.4 is 0 Å². The van der Waals surface area contributed by atoms with Crippen molar-refractivity contribution in [1.82, 2.24) is 9.55 Å². The minimum atomic E-state index is -0.454. The molecule has 0 aliphatic carbocycles. The van der Waals surface area contributed by atoms with Crippen molar-refractivity contribution in [2.45, 2.75) is 6.54 Å². The molecule has 1 aromatic heterocycles. The van der Waals surface area contributed by atoms with Crippen LogP contribution in [0.3, 0.4) is 0 Å². The van der Waals surface area contributed by atoms with Gasteiger partial charge in [0.25, 0.3) is 5.69 Å². The highest BCUT2D eigenvalue weighted by atomic mass is 35.5. The molecule has 2 aromatic carbocycles. The van der Waals surface area contributed by atoms with E-state index in [1.54, 1.807) is 16.7 Å². The van der Waals surface area contributed by atoms with Crippen molar-refractivity contribution in [1.29, 1.82) is 0 Å². The standard InChI is InChI=1S/C17H12ClN3O3/c18-16-15(11-22)20(17(19-16)13-4-2-1-3-5-13)10-12-6-8-14(9-7-12)21(23)24/h1-9,11H,10H2. The fourth-order valence-electron chi connectivity index (χ4n) is 2.42. The maximum Gasteiger partial charge on any atom is 0.269 e. The normalized spacial score (nSPS) is 10.5. The van der Waals surface area contributed by atoms with Crippen LogP contribution in [0.15, 0.2) is 54.6 Å². The second kappa shape index (κ2) is 6.64. The first kappa shape index (κ1) is 15.9. The molecule has 0 unspecified atom stereocenters. The van der Waals surface area contributed by atoms with Crippen molar-refractivity contribution < 1.29 is 9.72 Å². The Labute approximate surface area is 142 Å². The number of aromatic nitrogens is 2. The van der Waals surface area contributed by atoms with Gasteiger partial charge in [0, 0.05) is 24.2 Å². The summed E-state index contributed by atoms with van der Waals surface area (Å²) in [5, 5.41) is 10.9. The average Bonchev–Trinajstić information content (AvgIpc) is 2.91. The number of carbonyl (C=O) groups excluding carboxylic acids is 1. The number of hydrogen-bond donors (Lipinski definition) is 0. The van der Waals surface area contributed by atoms with Crippen molar-refractivity contribution >= 4 is 23.6 Å². The van der Waals surface area contributed by atoms with E-state index in [-0.39, 0.29) is 16.5 Å². The summed E-state index contributed by atoms with van der Waals surface area (Å²) in [6.45, 7) is 0.329. The quantitative estimate of drug-likeness (QED) is 0.399. The summed E-state index contributed by atoms with van der Waals surface area (Å²) in [5.41, 5.74) is 1.92. The fourth-order valence-corrected chi connectivity index (χ4v) is 2.65. The Morgan fingerprint density at radius 3 is 2.38 bits per heavy atom. The summed E-state index contributed by atoms with van der Waals surface area (Å²) in [6.07, 6.45) is 0.660. The van der Waals surface area contributed by atoms with Crippen LogP contribution in [0.2, 0.25) is 5.15 Å². The van der Waals surface area contributed by atoms with Crippen molar-refractivity contribution in [3.63, 3.8) is 0 Å². The molecule has 0 amide bonds. The van der Waals surface area contributed by atoms with E-state index in [4.69, 9.17) is 11.6 Å². The maximum absolute atomic E-state index is 11.4. The summed E-state index contributed by atoms with van der Waals surface area (Å²) >= 11 is 6.08. The second-order valence-corrected chi connectivity index (χ2v) is 5.46. The van der Waals surface area contributed by atoms with Crippen molar-refractivity contribution in [2.24, 2.45) is 0 Å². The summed E-state index contributed by atoms with van der Waals surface area (Å²) in [4.78, 5) is 26.0. The van der Waals surface area contributed by atoms with Gasteiger partial charge in [0.2, 0.25) is 0 Å². The number of hydrogen-bond acceptors (Lipinski definition) is 4. The van der Waals surface area contributed by atoms with Gasteiger partial charge in [-0.25, -0.2) is 4.98 Å². The van der Waals surface area contributed by atoms with Gasteiger partial charge in [-0.2, -0.15) is 0 Å². The number of benzene rings is 2. The molecule has 0 fully saturated rings. The summed E-state index contributed by atoms with van der Waals surface area (Å²) in [5.74, 6) is 0.570. The highest BCUT2D eigenvalue weighted by Crippen LogP contribution is 2.26. The van der Waals surface area contributed by atoms with E-state index in [1.807, 2.05) is 30.3 Å². The molecule has 3 aromatic rings. The third kappa shape index (κ3) is 3.04. The van der Waals surface area contributed by atoms with E-state index in [1.165, 1.54) is 12.1 Å². The van der Waals surface area contributed by atoms with Gasteiger partial charge >= 0.3 is 0 Å². The molecule has 0 radical (unpaired) electrons. The van der Waals surface area contributed by atoms with E-state index in [9.17, 15) is 14.9 Å². The monoisotopic (exact) mass is 341 g/mol. The molecule has 120 valence electrons.